The highest BCUT2D eigenvalue weighted by Crippen LogP contribution is 2.12. The maximum atomic E-state index is 11.7. The number of amides is 1. The van der Waals surface area contributed by atoms with E-state index in [4.69, 9.17) is 16.0 Å². The molecule has 2 rings (SSSR count). The summed E-state index contributed by atoms with van der Waals surface area (Å²) >= 11 is 6.00. The van der Waals surface area contributed by atoms with Gasteiger partial charge >= 0.3 is 0 Å². The fourth-order valence-electron chi connectivity index (χ4n) is 2.21. The van der Waals surface area contributed by atoms with Crippen molar-refractivity contribution in [3.8, 4) is 0 Å². The zero-order valence-electron chi connectivity index (χ0n) is 14.2. The van der Waals surface area contributed by atoms with E-state index < -0.39 is 0 Å². The van der Waals surface area contributed by atoms with Crippen LogP contribution in [0.2, 0.25) is 5.02 Å². The summed E-state index contributed by atoms with van der Waals surface area (Å²) < 4.78 is 5.03. The van der Waals surface area contributed by atoms with E-state index in [-0.39, 0.29) is 29.9 Å². The Labute approximate surface area is 169 Å². The van der Waals surface area contributed by atoms with Crippen LogP contribution in [0.25, 0.3) is 0 Å². The zero-order valence-corrected chi connectivity index (χ0v) is 17.2. The van der Waals surface area contributed by atoms with Crippen molar-refractivity contribution in [1.82, 2.24) is 15.5 Å². The molecule has 0 aliphatic heterocycles. The molecule has 1 aromatic heterocycles. The van der Waals surface area contributed by atoms with Gasteiger partial charge in [-0.05, 0) is 29.8 Å². The van der Waals surface area contributed by atoms with Crippen LogP contribution in [0.1, 0.15) is 16.1 Å². The standard InChI is InChI=1S/C17H21ClN4O2.HI/c1-19-17(22(2)12-13-5-3-6-14(18)11-13)21-9-8-20-16(23)15-7-4-10-24-15;/h3-7,10-11H,8-9,12H2,1-2H3,(H,19,21)(H,20,23);1H. The van der Waals surface area contributed by atoms with Gasteiger partial charge in [0, 0.05) is 38.8 Å². The second-order valence-corrected chi connectivity index (χ2v) is 5.63. The van der Waals surface area contributed by atoms with Crippen molar-refractivity contribution in [2.75, 3.05) is 27.2 Å². The van der Waals surface area contributed by atoms with Gasteiger partial charge in [0.05, 0.1) is 6.26 Å². The monoisotopic (exact) mass is 476 g/mol. The number of halogens is 2. The van der Waals surface area contributed by atoms with E-state index in [0.29, 0.717) is 30.4 Å². The first-order valence-corrected chi connectivity index (χ1v) is 7.96. The normalized spacial score (nSPS) is 10.8. The predicted molar refractivity (Wildman–Crippen MR) is 111 cm³/mol. The van der Waals surface area contributed by atoms with Gasteiger partial charge in [-0.1, -0.05) is 23.7 Å². The fourth-order valence-corrected chi connectivity index (χ4v) is 2.43. The first kappa shape index (κ1) is 21.3. The molecular weight excluding hydrogens is 455 g/mol. The number of aliphatic imine (C=N–C) groups is 1. The molecular formula is C17H22ClIN4O2. The van der Waals surface area contributed by atoms with Crippen molar-refractivity contribution >= 4 is 47.4 Å². The van der Waals surface area contributed by atoms with Crippen molar-refractivity contribution < 1.29 is 9.21 Å². The van der Waals surface area contributed by atoms with Gasteiger partial charge in [-0.2, -0.15) is 0 Å². The number of carbonyl (C=O) groups is 1. The van der Waals surface area contributed by atoms with Crippen LogP contribution in [0.15, 0.2) is 52.1 Å². The number of carbonyl (C=O) groups excluding carboxylic acids is 1. The zero-order chi connectivity index (χ0) is 17.4. The molecule has 0 bridgehead atoms. The summed E-state index contributed by atoms with van der Waals surface area (Å²) in [5, 5.41) is 6.69. The molecule has 1 heterocycles. The molecule has 0 unspecified atom stereocenters. The van der Waals surface area contributed by atoms with Crippen molar-refractivity contribution in [1.29, 1.82) is 0 Å². The Hall–Kier alpha value is -1.74. The topological polar surface area (TPSA) is 69.9 Å². The molecule has 0 fully saturated rings. The lowest BCUT2D eigenvalue weighted by Gasteiger charge is -2.22. The van der Waals surface area contributed by atoms with Crippen LogP contribution in [0.3, 0.4) is 0 Å². The largest absolute Gasteiger partial charge is 0.459 e. The molecule has 2 aromatic rings. The molecule has 136 valence electrons. The summed E-state index contributed by atoms with van der Waals surface area (Å²) in [6, 6.07) is 11.0. The van der Waals surface area contributed by atoms with Crippen LogP contribution in [0.5, 0.6) is 0 Å². The minimum Gasteiger partial charge on any atom is -0.459 e. The van der Waals surface area contributed by atoms with Gasteiger partial charge in [0.15, 0.2) is 11.7 Å². The third-order valence-electron chi connectivity index (χ3n) is 3.32. The molecule has 6 nitrogen and oxygen atoms in total. The Morgan fingerprint density at radius 3 is 2.64 bits per heavy atom. The summed E-state index contributed by atoms with van der Waals surface area (Å²) in [5.41, 5.74) is 1.10. The summed E-state index contributed by atoms with van der Waals surface area (Å²) in [7, 11) is 3.66. The van der Waals surface area contributed by atoms with Crippen LogP contribution in [0.4, 0.5) is 0 Å². The Morgan fingerprint density at radius 2 is 2.00 bits per heavy atom. The maximum absolute atomic E-state index is 11.7. The second-order valence-electron chi connectivity index (χ2n) is 5.19. The number of furan rings is 1. The summed E-state index contributed by atoms with van der Waals surface area (Å²) in [6.07, 6.45) is 1.47. The van der Waals surface area contributed by atoms with Gasteiger partial charge in [0.2, 0.25) is 0 Å². The van der Waals surface area contributed by atoms with Crippen molar-refractivity contribution in [2.45, 2.75) is 6.54 Å². The first-order chi connectivity index (χ1) is 11.6. The number of hydrogen-bond acceptors (Lipinski definition) is 3. The lowest BCUT2D eigenvalue weighted by Crippen LogP contribution is -2.42. The van der Waals surface area contributed by atoms with Crippen LogP contribution < -0.4 is 10.6 Å². The molecule has 0 saturated heterocycles. The van der Waals surface area contributed by atoms with Crippen LogP contribution >= 0.6 is 35.6 Å². The number of guanidine groups is 1. The lowest BCUT2D eigenvalue weighted by atomic mass is 10.2. The minimum absolute atomic E-state index is 0. The van der Waals surface area contributed by atoms with Crippen molar-refractivity contribution in [3.05, 3.63) is 59.0 Å². The molecule has 0 atom stereocenters. The number of nitrogens with one attached hydrogen (secondary N) is 2. The van der Waals surface area contributed by atoms with Crippen LogP contribution in [0, 0.1) is 0 Å². The van der Waals surface area contributed by atoms with Gasteiger partial charge in [0.25, 0.3) is 5.91 Å². The van der Waals surface area contributed by atoms with E-state index in [1.807, 2.05) is 36.2 Å². The van der Waals surface area contributed by atoms with Crippen LogP contribution in [-0.2, 0) is 6.54 Å². The molecule has 2 N–H and O–H groups in total. The molecule has 0 radical (unpaired) electrons. The fraction of sp³-hybridized carbons (Fsp3) is 0.294. The highest BCUT2D eigenvalue weighted by atomic mass is 127. The number of benzene rings is 1. The van der Waals surface area contributed by atoms with Crippen LogP contribution in [-0.4, -0.2) is 44.0 Å². The number of nitrogens with zero attached hydrogens (tertiary/aromatic N) is 2. The van der Waals surface area contributed by atoms with Gasteiger partial charge in [-0.3, -0.25) is 9.79 Å². The molecule has 0 spiro atoms. The molecule has 25 heavy (non-hydrogen) atoms. The van der Waals surface area contributed by atoms with Crippen molar-refractivity contribution in [3.63, 3.8) is 0 Å². The summed E-state index contributed by atoms with van der Waals surface area (Å²) in [4.78, 5) is 18.0. The quantitative estimate of drug-likeness (QED) is 0.291. The highest BCUT2D eigenvalue weighted by molar-refractivity contribution is 14.0. The van der Waals surface area contributed by atoms with Gasteiger partial charge in [0.1, 0.15) is 0 Å². The smallest absolute Gasteiger partial charge is 0.287 e. The predicted octanol–water partition coefficient (Wildman–Crippen LogP) is 2.99. The summed E-state index contributed by atoms with van der Waals surface area (Å²) in [5.74, 6) is 0.809. The number of hydrogen-bond donors (Lipinski definition) is 2. The molecule has 0 saturated carbocycles. The Morgan fingerprint density at radius 1 is 1.24 bits per heavy atom. The Kier molecular flexibility index (Phi) is 9.36. The first-order valence-electron chi connectivity index (χ1n) is 7.58. The van der Waals surface area contributed by atoms with Gasteiger partial charge in [-0.25, -0.2) is 0 Å². The molecule has 1 aromatic carbocycles. The van der Waals surface area contributed by atoms with Crippen molar-refractivity contribution in [2.24, 2.45) is 4.99 Å². The molecule has 0 aliphatic carbocycles. The average Bonchev–Trinajstić information content (AvgIpc) is 3.09. The highest BCUT2D eigenvalue weighted by Gasteiger charge is 2.09. The SMILES string of the molecule is CN=C(NCCNC(=O)c1ccco1)N(C)Cc1cccc(Cl)c1.I. The maximum Gasteiger partial charge on any atom is 0.287 e. The summed E-state index contributed by atoms with van der Waals surface area (Å²) in [6.45, 7) is 1.70. The van der Waals surface area contributed by atoms with Gasteiger partial charge in [-0.15, -0.1) is 24.0 Å². The van der Waals surface area contributed by atoms with E-state index in [1.165, 1.54) is 6.26 Å². The Bertz CT molecular complexity index is 692. The Balaban J connectivity index is 0.00000312. The minimum atomic E-state index is -0.232. The second kappa shape index (κ2) is 11.0. The van der Waals surface area contributed by atoms with E-state index >= 15 is 0 Å². The van der Waals surface area contributed by atoms with E-state index in [9.17, 15) is 4.79 Å². The lowest BCUT2D eigenvalue weighted by molar-refractivity contribution is 0.0926. The van der Waals surface area contributed by atoms with Gasteiger partial charge < -0.3 is 20.0 Å². The third kappa shape index (κ3) is 6.95. The van der Waals surface area contributed by atoms with E-state index in [0.717, 1.165) is 11.5 Å². The average molecular weight is 477 g/mol. The van der Waals surface area contributed by atoms with E-state index in [1.54, 1.807) is 19.2 Å². The van der Waals surface area contributed by atoms with E-state index in [2.05, 4.69) is 15.6 Å². The molecule has 8 heteroatoms. The molecule has 0 aliphatic rings. The third-order valence-corrected chi connectivity index (χ3v) is 3.56. The molecule has 1 amide bonds. The number of rotatable bonds is 6.